The van der Waals surface area contributed by atoms with E-state index in [1.165, 1.54) is 18.4 Å². The van der Waals surface area contributed by atoms with Crippen molar-refractivity contribution in [1.29, 1.82) is 0 Å². The topological polar surface area (TPSA) is 48.5 Å². The molecule has 4 heteroatoms. The summed E-state index contributed by atoms with van der Waals surface area (Å²) in [6.07, 6.45) is 4.68. The molecule has 0 aromatic heterocycles. The molecule has 1 atom stereocenters. The summed E-state index contributed by atoms with van der Waals surface area (Å²) in [5, 5.41) is 10.8. The zero-order valence-corrected chi connectivity index (χ0v) is 15.0. The number of benzene rings is 1. The molecule has 0 spiro atoms. The van der Waals surface area contributed by atoms with Gasteiger partial charge in [0.2, 0.25) is 0 Å². The second-order valence-corrected chi connectivity index (χ2v) is 6.61. The standard InChI is InChI=1S/C19H32N4/c1-5-19(6-2,14-21-18(20-4)22-17-12-13-17)23-15(3)16-10-8-7-9-11-16/h7-11,15,17,23H,5-6,12-14H2,1-4H3,(H2,20,21,22). The molecule has 0 amide bonds. The van der Waals surface area contributed by atoms with Gasteiger partial charge in [-0.05, 0) is 38.2 Å². The van der Waals surface area contributed by atoms with Gasteiger partial charge in [0.05, 0.1) is 0 Å². The molecular formula is C19H32N4. The van der Waals surface area contributed by atoms with E-state index in [0.717, 1.165) is 25.3 Å². The number of rotatable bonds is 8. The first-order chi connectivity index (χ1) is 11.1. The molecule has 23 heavy (non-hydrogen) atoms. The van der Waals surface area contributed by atoms with Crippen molar-refractivity contribution >= 4 is 5.96 Å². The molecule has 0 bridgehead atoms. The van der Waals surface area contributed by atoms with E-state index in [0.29, 0.717) is 12.1 Å². The van der Waals surface area contributed by atoms with Gasteiger partial charge in [0.1, 0.15) is 0 Å². The van der Waals surface area contributed by atoms with Crippen molar-refractivity contribution in [3.8, 4) is 0 Å². The van der Waals surface area contributed by atoms with Crippen LogP contribution in [0, 0.1) is 0 Å². The van der Waals surface area contributed by atoms with Gasteiger partial charge >= 0.3 is 0 Å². The van der Waals surface area contributed by atoms with Gasteiger partial charge in [-0.3, -0.25) is 4.99 Å². The summed E-state index contributed by atoms with van der Waals surface area (Å²) in [6, 6.07) is 11.6. The fraction of sp³-hybridized carbons (Fsp3) is 0.632. The van der Waals surface area contributed by atoms with Gasteiger partial charge in [-0.1, -0.05) is 44.2 Å². The number of hydrogen-bond donors (Lipinski definition) is 3. The van der Waals surface area contributed by atoms with Crippen molar-refractivity contribution < 1.29 is 0 Å². The summed E-state index contributed by atoms with van der Waals surface area (Å²) in [5.74, 6) is 0.924. The summed E-state index contributed by atoms with van der Waals surface area (Å²) >= 11 is 0. The molecule has 1 saturated carbocycles. The molecule has 1 unspecified atom stereocenters. The molecular weight excluding hydrogens is 284 g/mol. The Bertz CT molecular complexity index is 489. The van der Waals surface area contributed by atoms with Crippen molar-refractivity contribution in [2.45, 2.75) is 64.1 Å². The van der Waals surface area contributed by atoms with Crippen LogP contribution in [-0.2, 0) is 0 Å². The van der Waals surface area contributed by atoms with Crippen LogP contribution in [0.4, 0.5) is 0 Å². The largest absolute Gasteiger partial charge is 0.355 e. The fourth-order valence-electron chi connectivity index (χ4n) is 2.91. The maximum absolute atomic E-state index is 4.34. The Hall–Kier alpha value is -1.55. The number of nitrogens with zero attached hydrogens (tertiary/aromatic N) is 1. The van der Waals surface area contributed by atoms with E-state index in [4.69, 9.17) is 0 Å². The van der Waals surface area contributed by atoms with Crippen molar-refractivity contribution in [1.82, 2.24) is 16.0 Å². The maximum Gasteiger partial charge on any atom is 0.191 e. The summed E-state index contributed by atoms with van der Waals surface area (Å²) in [6.45, 7) is 7.64. The summed E-state index contributed by atoms with van der Waals surface area (Å²) in [7, 11) is 1.84. The highest BCUT2D eigenvalue weighted by Gasteiger charge is 2.29. The van der Waals surface area contributed by atoms with E-state index in [1.807, 2.05) is 7.05 Å². The average Bonchev–Trinajstić information content (AvgIpc) is 3.42. The molecule has 1 fully saturated rings. The van der Waals surface area contributed by atoms with Gasteiger partial charge in [-0.15, -0.1) is 0 Å². The van der Waals surface area contributed by atoms with Crippen molar-refractivity contribution in [3.05, 3.63) is 35.9 Å². The van der Waals surface area contributed by atoms with Gasteiger partial charge in [-0.25, -0.2) is 0 Å². The first-order valence-corrected chi connectivity index (χ1v) is 8.92. The van der Waals surface area contributed by atoms with Crippen LogP contribution in [-0.4, -0.2) is 31.1 Å². The first-order valence-electron chi connectivity index (χ1n) is 8.92. The molecule has 0 heterocycles. The number of guanidine groups is 1. The van der Waals surface area contributed by atoms with Crippen molar-refractivity contribution in [2.24, 2.45) is 4.99 Å². The van der Waals surface area contributed by atoms with Crippen LogP contribution in [0.25, 0.3) is 0 Å². The Kier molecular flexibility index (Phi) is 6.46. The predicted octanol–water partition coefficient (Wildman–Crippen LogP) is 3.22. The molecule has 1 aliphatic carbocycles. The zero-order chi connectivity index (χ0) is 16.7. The molecule has 2 rings (SSSR count). The molecule has 1 aromatic carbocycles. The lowest BCUT2D eigenvalue weighted by Crippen LogP contribution is -2.55. The summed E-state index contributed by atoms with van der Waals surface area (Å²) < 4.78 is 0. The molecule has 128 valence electrons. The summed E-state index contributed by atoms with van der Waals surface area (Å²) in [5.41, 5.74) is 1.40. The van der Waals surface area contributed by atoms with Crippen LogP contribution >= 0.6 is 0 Å². The third-order valence-electron chi connectivity index (χ3n) is 4.91. The summed E-state index contributed by atoms with van der Waals surface area (Å²) in [4.78, 5) is 4.34. The predicted molar refractivity (Wildman–Crippen MR) is 98.8 cm³/mol. The third kappa shape index (κ3) is 5.24. The maximum atomic E-state index is 4.34. The Balaban J connectivity index is 1.96. The van der Waals surface area contributed by atoms with Crippen LogP contribution in [0.3, 0.4) is 0 Å². The van der Waals surface area contributed by atoms with E-state index in [-0.39, 0.29) is 5.54 Å². The minimum absolute atomic E-state index is 0.0659. The van der Waals surface area contributed by atoms with E-state index in [1.54, 1.807) is 0 Å². The quantitative estimate of drug-likeness (QED) is 0.510. The van der Waals surface area contributed by atoms with Crippen molar-refractivity contribution in [2.75, 3.05) is 13.6 Å². The highest BCUT2D eigenvalue weighted by molar-refractivity contribution is 5.80. The molecule has 4 nitrogen and oxygen atoms in total. The second kappa shape index (κ2) is 8.34. The average molecular weight is 316 g/mol. The van der Waals surface area contributed by atoms with E-state index >= 15 is 0 Å². The lowest BCUT2D eigenvalue weighted by Gasteiger charge is -2.37. The minimum atomic E-state index is 0.0659. The van der Waals surface area contributed by atoms with Gasteiger partial charge in [0, 0.05) is 31.2 Å². The molecule has 0 aliphatic heterocycles. The van der Waals surface area contributed by atoms with E-state index in [9.17, 15) is 0 Å². The molecule has 3 N–H and O–H groups in total. The number of hydrogen-bond acceptors (Lipinski definition) is 2. The first kappa shape index (κ1) is 17.8. The third-order valence-corrected chi connectivity index (χ3v) is 4.91. The lowest BCUT2D eigenvalue weighted by molar-refractivity contribution is 0.271. The Labute approximate surface area is 141 Å². The molecule has 0 radical (unpaired) electrons. The van der Waals surface area contributed by atoms with E-state index < -0.39 is 0 Å². The monoisotopic (exact) mass is 316 g/mol. The van der Waals surface area contributed by atoms with Crippen LogP contribution in [0.5, 0.6) is 0 Å². The van der Waals surface area contributed by atoms with E-state index in [2.05, 4.69) is 72.0 Å². The Morgan fingerprint density at radius 1 is 1.22 bits per heavy atom. The Morgan fingerprint density at radius 2 is 1.87 bits per heavy atom. The number of aliphatic imine (C=N–C) groups is 1. The molecule has 0 saturated heterocycles. The Morgan fingerprint density at radius 3 is 2.39 bits per heavy atom. The van der Waals surface area contributed by atoms with Crippen LogP contribution in [0.2, 0.25) is 0 Å². The zero-order valence-electron chi connectivity index (χ0n) is 15.0. The minimum Gasteiger partial charge on any atom is -0.355 e. The highest BCUT2D eigenvalue weighted by atomic mass is 15.2. The fourth-order valence-corrected chi connectivity index (χ4v) is 2.91. The normalized spacial score (nSPS) is 17.0. The van der Waals surface area contributed by atoms with Crippen molar-refractivity contribution in [3.63, 3.8) is 0 Å². The molecule has 1 aliphatic rings. The smallest absolute Gasteiger partial charge is 0.191 e. The second-order valence-electron chi connectivity index (χ2n) is 6.61. The number of nitrogens with one attached hydrogen (secondary N) is 3. The van der Waals surface area contributed by atoms with Crippen LogP contribution in [0.15, 0.2) is 35.3 Å². The van der Waals surface area contributed by atoms with Gasteiger partial charge in [0.15, 0.2) is 5.96 Å². The highest BCUT2D eigenvalue weighted by Crippen LogP contribution is 2.22. The SMILES string of the molecule is CCC(CC)(CNC(=NC)NC1CC1)NC(C)c1ccccc1. The lowest BCUT2D eigenvalue weighted by atomic mass is 9.90. The van der Waals surface area contributed by atoms with Crippen LogP contribution < -0.4 is 16.0 Å². The molecule has 1 aromatic rings. The van der Waals surface area contributed by atoms with Crippen LogP contribution in [0.1, 0.15) is 58.1 Å². The van der Waals surface area contributed by atoms with Gasteiger partial charge in [0.25, 0.3) is 0 Å². The van der Waals surface area contributed by atoms with Gasteiger partial charge in [-0.2, -0.15) is 0 Å². The van der Waals surface area contributed by atoms with Gasteiger partial charge < -0.3 is 16.0 Å².